The maximum absolute atomic E-state index is 11.9. The predicted octanol–water partition coefficient (Wildman–Crippen LogP) is 0.222. The maximum Gasteiger partial charge on any atom is 0.331 e. The van der Waals surface area contributed by atoms with Crippen molar-refractivity contribution in [3.8, 4) is 0 Å². The summed E-state index contributed by atoms with van der Waals surface area (Å²) in [5.74, 6) is 0. The van der Waals surface area contributed by atoms with Gasteiger partial charge in [-0.2, -0.15) is 0 Å². The highest BCUT2D eigenvalue weighted by molar-refractivity contribution is 5.23. The Kier molecular flexibility index (Phi) is 2.34. The fourth-order valence-corrected chi connectivity index (χ4v) is 2.16. The van der Waals surface area contributed by atoms with Gasteiger partial charge in [-0.1, -0.05) is 6.08 Å². The molecule has 0 amide bonds. The van der Waals surface area contributed by atoms with Crippen molar-refractivity contribution in [1.82, 2.24) is 9.13 Å². The van der Waals surface area contributed by atoms with Crippen LogP contribution in [0.3, 0.4) is 0 Å². The normalized spacial score (nSPS) is 13.9. The first kappa shape index (κ1) is 9.96. The van der Waals surface area contributed by atoms with E-state index in [1.807, 2.05) is 0 Å². The van der Waals surface area contributed by atoms with Crippen LogP contribution in [0.5, 0.6) is 0 Å². The molecule has 1 aliphatic carbocycles. The van der Waals surface area contributed by atoms with Crippen LogP contribution in [0.25, 0.3) is 0 Å². The molecular weight excluding hydrogens is 192 g/mol. The molecular formula is C11H14N2O2. The van der Waals surface area contributed by atoms with Crippen molar-refractivity contribution in [1.29, 1.82) is 0 Å². The van der Waals surface area contributed by atoms with Crippen LogP contribution in [0.15, 0.2) is 22.2 Å². The highest BCUT2D eigenvalue weighted by Gasteiger charge is 2.20. The highest BCUT2D eigenvalue weighted by atomic mass is 16.2. The molecule has 0 radical (unpaired) electrons. The lowest BCUT2D eigenvalue weighted by molar-refractivity contribution is 0.626. The minimum absolute atomic E-state index is 0.134. The minimum atomic E-state index is -0.236. The van der Waals surface area contributed by atoms with Crippen LogP contribution in [0.1, 0.15) is 17.7 Å². The van der Waals surface area contributed by atoms with Crippen LogP contribution in [0.4, 0.5) is 0 Å². The zero-order valence-electron chi connectivity index (χ0n) is 8.82. The monoisotopic (exact) mass is 206 g/mol. The van der Waals surface area contributed by atoms with Gasteiger partial charge in [0.15, 0.2) is 0 Å². The molecule has 15 heavy (non-hydrogen) atoms. The molecule has 0 bridgehead atoms. The van der Waals surface area contributed by atoms with Crippen molar-refractivity contribution in [3.63, 3.8) is 0 Å². The van der Waals surface area contributed by atoms with Gasteiger partial charge in [0, 0.05) is 24.8 Å². The third kappa shape index (κ3) is 1.37. The van der Waals surface area contributed by atoms with Gasteiger partial charge in [-0.15, -0.1) is 6.58 Å². The fourth-order valence-electron chi connectivity index (χ4n) is 2.16. The molecule has 1 aromatic rings. The summed E-state index contributed by atoms with van der Waals surface area (Å²) in [5, 5.41) is 0. The summed E-state index contributed by atoms with van der Waals surface area (Å²) in [6.07, 6.45) is 4.17. The average molecular weight is 206 g/mol. The van der Waals surface area contributed by atoms with Gasteiger partial charge in [0.25, 0.3) is 5.56 Å². The Morgan fingerprint density at radius 2 is 2.13 bits per heavy atom. The van der Waals surface area contributed by atoms with E-state index in [0.29, 0.717) is 6.54 Å². The van der Waals surface area contributed by atoms with E-state index in [4.69, 9.17) is 0 Å². The van der Waals surface area contributed by atoms with E-state index in [1.54, 1.807) is 17.7 Å². The first-order valence-electron chi connectivity index (χ1n) is 5.09. The van der Waals surface area contributed by atoms with Crippen molar-refractivity contribution >= 4 is 0 Å². The molecule has 0 fully saturated rings. The molecule has 0 N–H and O–H groups in total. The van der Waals surface area contributed by atoms with Crippen LogP contribution in [-0.2, 0) is 26.4 Å². The molecule has 2 rings (SSSR count). The van der Waals surface area contributed by atoms with E-state index < -0.39 is 0 Å². The first-order chi connectivity index (χ1) is 7.16. The Bertz CT molecular complexity index is 523. The van der Waals surface area contributed by atoms with Gasteiger partial charge in [-0.3, -0.25) is 9.36 Å². The zero-order chi connectivity index (χ0) is 11.0. The fraction of sp³-hybridized carbons (Fsp3) is 0.455. The molecule has 0 saturated heterocycles. The molecule has 0 saturated carbocycles. The number of rotatable bonds is 2. The molecule has 0 unspecified atom stereocenters. The molecule has 1 aromatic heterocycles. The predicted molar refractivity (Wildman–Crippen MR) is 58.2 cm³/mol. The van der Waals surface area contributed by atoms with Gasteiger partial charge >= 0.3 is 5.69 Å². The summed E-state index contributed by atoms with van der Waals surface area (Å²) >= 11 is 0. The Balaban J connectivity index is 2.79. The third-order valence-corrected chi connectivity index (χ3v) is 2.93. The summed E-state index contributed by atoms with van der Waals surface area (Å²) in [6, 6.07) is 0. The van der Waals surface area contributed by atoms with Gasteiger partial charge in [0.2, 0.25) is 0 Å². The number of fused-ring (bicyclic) bond motifs is 1. The Labute approximate surface area is 87.5 Å². The molecule has 1 heterocycles. The van der Waals surface area contributed by atoms with Gasteiger partial charge in [-0.25, -0.2) is 4.79 Å². The second-order valence-corrected chi connectivity index (χ2v) is 3.82. The maximum atomic E-state index is 11.9. The summed E-state index contributed by atoms with van der Waals surface area (Å²) in [5.41, 5.74) is 1.34. The van der Waals surface area contributed by atoms with Crippen molar-refractivity contribution in [3.05, 3.63) is 44.8 Å². The van der Waals surface area contributed by atoms with Crippen LogP contribution in [0.2, 0.25) is 0 Å². The Hall–Kier alpha value is -1.58. The van der Waals surface area contributed by atoms with Crippen LogP contribution in [0, 0.1) is 0 Å². The van der Waals surface area contributed by atoms with E-state index >= 15 is 0 Å². The number of hydrogen-bond acceptors (Lipinski definition) is 2. The number of allylic oxidation sites excluding steroid dienone is 1. The topological polar surface area (TPSA) is 44.0 Å². The molecule has 0 aromatic carbocycles. The molecule has 80 valence electrons. The number of hydrogen-bond donors (Lipinski definition) is 0. The smallest absolute Gasteiger partial charge is 0.300 e. The molecule has 1 aliphatic rings. The van der Waals surface area contributed by atoms with Gasteiger partial charge in [0.1, 0.15) is 0 Å². The lowest BCUT2D eigenvalue weighted by Gasteiger charge is -2.10. The zero-order valence-corrected chi connectivity index (χ0v) is 8.82. The van der Waals surface area contributed by atoms with E-state index in [2.05, 4.69) is 6.58 Å². The van der Waals surface area contributed by atoms with Crippen LogP contribution in [-0.4, -0.2) is 9.13 Å². The summed E-state index contributed by atoms with van der Waals surface area (Å²) < 4.78 is 2.84. The quantitative estimate of drug-likeness (QED) is 0.650. The molecule has 0 atom stereocenters. The number of nitrogens with zero attached hydrogens (tertiary/aromatic N) is 2. The lowest BCUT2D eigenvalue weighted by Crippen LogP contribution is -2.41. The van der Waals surface area contributed by atoms with Gasteiger partial charge in [0.05, 0.1) is 0 Å². The summed E-state index contributed by atoms with van der Waals surface area (Å²) in [6.45, 7) is 3.84. The third-order valence-electron chi connectivity index (χ3n) is 2.93. The molecule has 0 spiro atoms. The van der Waals surface area contributed by atoms with Crippen molar-refractivity contribution in [2.75, 3.05) is 0 Å². The van der Waals surface area contributed by atoms with E-state index in [0.717, 1.165) is 30.5 Å². The summed E-state index contributed by atoms with van der Waals surface area (Å²) in [4.78, 5) is 23.7. The Morgan fingerprint density at radius 1 is 1.40 bits per heavy atom. The largest absolute Gasteiger partial charge is 0.331 e. The second-order valence-electron chi connectivity index (χ2n) is 3.82. The highest BCUT2D eigenvalue weighted by Crippen LogP contribution is 2.15. The van der Waals surface area contributed by atoms with Crippen molar-refractivity contribution < 1.29 is 0 Å². The van der Waals surface area contributed by atoms with E-state index in [1.165, 1.54) is 4.57 Å². The lowest BCUT2D eigenvalue weighted by atomic mass is 10.2. The molecule has 4 heteroatoms. The van der Waals surface area contributed by atoms with Crippen molar-refractivity contribution in [2.45, 2.75) is 25.8 Å². The van der Waals surface area contributed by atoms with E-state index in [-0.39, 0.29) is 11.2 Å². The average Bonchev–Trinajstić information content (AvgIpc) is 2.70. The number of aromatic nitrogens is 2. The molecule has 0 aliphatic heterocycles. The SMILES string of the molecule is C=CCn1c(=O)c2c(n(C)c1=O)CCC2. The van der Waals surface area contributed by atoms with Crippen LogP contribution >= 0.6 is 0 Å². The van der Waals surface area contributed by atoms with Gasteiger partial charge < -0.3 is 4.57 Å². The van der Waals surface area contributed by atoms with Gasteiger partial charge in [-0.05, 0) is 19.3 Å². The van der Waals surface area contributed by atoms with E-state index in [9.17, 15) is 9.59 Å². The first-order valence-corrected chi connectivity index (χ1v) is 5.09. The Morgan fingerprint density at radius 3 is 2.80 bits per heavy atom. The minimum Gasteiger partial charge on any atom is -0.300 e. The van der Waals surface area contributed by atoms with Crippen LogP contribution < -0.4 is 11.2 Å². The molecule has 4 nitrogen and oxygen atoms in total. The van der Waals surface area contributed by atoms with Crippen molar-refractivity contribution in [2.24, 2.45) is 7.05 Å². The summed E-state index contributed by atoms with van der Waals surface area (Å²) in [7, 11) is 1.73. The standard InChI is InChI=1S/C11H14N2O2/c1-3-7-13-10(14)8-5-4-6-9(8)12(2)11(13)15/h3H,1,4-7H2,2H3. The second kappa shape index (κ2) is 3.53.